The monoisotopic (exact) mass is 387 g/mol. The Bertz CT molecular complexity index is 892. The van der Waals surface area contributed by atoms with E-state index in [1.54, 1.807) is 30.5 Å². The molecule has 144 valence electrons. The molecule has 1 heterocycles. The molecule has 1 fully saturated rings. The summed E-state index contributed by atoms with van der Waals surface area (Å²) in [7, 11) is -3.73. The molecule has 27 heavy (non-hydrogen) atoms. The van der Waals surface area contributed by atoms with Crippen LogP contribution < -0.4 is 10.0 Å². The van der Waals surface area contributed by atoms with E-state index >= 15 is 0 Å². The predicted molar refractivity (Wildman–Crippen MR) is 104 cm³/mol. The molecule has 1 aliphatic carbocycles. The van der Waals surface area contributed by atoms with Crippen LogP contribution in [0.4, 0.5) is 0 Å². The molecule has 7 heteroatoms. The maximum absolute atomic E-state index is 12.7. The fourth-order valence-corrected chi connectivity index (χ4v) is 4.30. The van der Waals surface area contributed by atoms with E-state index in [9.17, 15) is 13.2 Å². The first-order chi connectivity index (χ1) is 13.0. The molecule has 2 aromatic rings. The van der Waals surface area contributed by atoms with Crippen molar-refractivity contribution in [3.8, 4) is 0 Å². The number of aromatic nitrogens is 1. The zero-order valence-electron chi connectivity index (χ0n) is 15.4. The number of carbonyl (C=O) groups excluding carboxylic acids is 1. The van der Waals surface area contributed by atoms with E-state index in [4.69, 9.17) is 0 Å². The van der Waals surface area contributed by atoms with E-state index in [2.05, 4.69) is 15.0 Å². The van der Waals surface area contributed by atoms with Crippen LogP contribution in [-0.2, 0) is 16.6 Å². The molecular weight excluding hydrogens is 362 g/mol. The number of amides is 1. The normalized spacial score (nSPS) is 15.4. The Kier molecular flexibility index (Phi) is 6.23. The highest BCUT2D eigenvalue weighted by Crippen LogP contribution is 2.20. The number of sulfonamides is 1. The molecule has 6 nitrogen and oxygen atoms in total. The van der Waals surface area contributed by atoms with Crippen molar-refractivity contribution >= 4 is 15.9 Å². The lowest BCUT2D eigenvalue weighted by Crippen LogP contribution is -2.36. The number of hydrogen-bond acceptors (Lipinski definition) is 4. The van der Waals surface area contributed by atoms with Crippen LogP contribution >= 0.6 is 0 Å². The van der Waals surface area contributed by atoms with E-state index in [0.717, 1.165) is 31.2 Å². The number of hydrogen-bond donors (Lipinski definition) is 2. The van der Waals surface area contributed by atoms with Crippen LogP contribution in [0.15, 0.2) is 47.5 Å². The lowest BCUT2D eigenvalue weighted by Gasteiger charge is -2.23. The summed E-state index contributed by atoms with van der Waals surface area (Å²) in [6.45, 7) is 1.91. The van der Waals surface area contributed by atoms with Crippen LogP contribution in [0.5, 0.6) is 0 Å². The molecule has 1 aromatic heterocycles. The number of carbonyl (C=O) groups is 1. The Balaban J connectivity index is 1.74. The van der Waals surface area contributed by atoms with Crippen molar-refractivity contribution in [3.63, 3.8) is 0 Å². The molecule has 0 saturated heterocycles. The van der Waals surface area contributed by atoms with Crippen molar-refractivity contribution in [2.75, 3.05) is 0 Å². The van der Waals surface area contributed by atoms with E-state index in [-0.39, 0.29) is 23.4 Å². The summed E-state index contributed by atoms with van der Waals surface area (Å²) in [6, 6.07) is 10.1. The lowest BCUT2D eigenvalue weighted by molar-refractivity contribution is 0.0927. The molecule has 1 aliphatic rings. The van der Waals surface area contributed by atoms with Gasteiger partial charge in [0.05, 0.1) is 17.1 Å². The number of rotatable bonds is 6. The highest BCUT2D eigenvalue weighted by atomic mass is 32.2. The van der Waals surface area contributed by atoms with Gasteiger partial charge in [-0.2, -0.15) is 0 Å². The first-order valence-corrected chi connectivity index (χ1v) is 10.7. The molecule has 0 spiro atoms. The van der Waals surface area contributed by atoms with Gasteiger partial charge in [-0.3, -0.25) is 9.78 Å². The fourth-order valence-electron chi connectivity index (χ4n) is 3.28. The summed E-state index contributed by atoms with van der Waals surface area (Å²) in [5.74, 6) is -0.207. The van der Waals surface area contributed by atoms with E-state index < -0.39 is 10.0 Å². The molecule has 0 aliphatic heterocycles. The molecule has 2 N–H and O–H groups in total. The zero-order chi connectivity index (χ0) is 19.3. The number of benzene rings is 1. The molecule has 3 rings (SSSR count). The molecule has 0 bridgehead atoms. The maximum atomic E-state index is 12.7. The predicted octanol–water partition coefficient (Wildman–Crippen LogP) is 2.93. The zero-order valence-corrected chi connectivity index (χ0v) is 16.3. The molecule has 1 amide bonds. The summed E-state index contributed by atoms with van der Waals surface area (Å²) in [6.07, 6.45) is 7.03. The third-order valence-electron chi connectivity index (χ3n) is 4.87. The standard InChI is InChI=1S/C20H25N3O3S/c1-15-10-11-18(27(25,26)22-14-17-9-5-6-12-21-17)13-19(15)20(24)23-16-7-3-2-4-8-16/h5-6,9-13,16,22H,2-4,7-8,14H2,1H3,(H,23,24). The average molecular weight is 388 g/mol. The molecule has 0 unspecified atom stereocenters. The molecule has 1 saturated carbocycles. The van der Waals surface area contributed by atoms with Gasteiger partial charge in [-0.05, 0) is 49.6 Å². The molecular formula is C20H25N3O3S. The fraction of sp³-hybridized carbons (Fsp3) is 0.400. The SMILES string of the molecule is Cc1ccc(S(=O)(=O)NCc2ccccn2)cc1C(=O)NC1CCCCC1. The second-order valence-electron chi connectivity index (χ2n) is 6.93. The second kappa shape index (κ2) is 8.63. The number of nitrogens with zero attached hydrogens (tertiary/aromatic N) is 1. The Labute approximate surface area is 160 Å². The third kappa shape index (κ3) is 5.14. The number of nitrogens with one attached hydrogen (secondary N) is 2. The minimum absolute atomic E-state index is 0.0813. The summed E-state index contributed by atoms with van der Waals surface area (Å²) < 4.78 is 27.8. The van der Waals surface area contributed by atoms with Crippen molar-refractivity contribution in [2.45, 2.75) is 56.5 Å². The van der Waals surface area contributed by atoms with Crippen molar-refractivity contribution in [1.29, 1.82) is 0 Å². The first kappa shape index (κ1) is 19.5. The lowest BCUT2D eigenvalue weighted by atomic mass is 9.95. The van der Waals surface area contributed by atoms with Crippen LogP contribution in [0.1, 0.15) is 53.7 Å². The van der Waals surface area contributed by atoms with Gasteiger partial charge in [0.15, 0.2) is 0 Å². The summed E-state index contributed by atoms with van der Waals surface area (Å²) in [4.78, 5) is 16.8. The van der Waals surface area contributed by atoms with Gasteiger partial charge < -0.3 is 5.32 Å². The average Bonchev–Trinajstić information content (AvgIpc) is 2.68. The van der Waals surface area contributed by atoms with Crippen LogP contribution in [0, 0.1) is 6.92 Å². The van der Waals surface area contributed by atoms with Crippen molar-refractivity contribution < 1.29 is 13.2 Å². The van der Waals surface area contributed by atoms with Crippen molar-refractivity contribution in [3.05, 3.63) is 59.4 Å². The second-order valence-corrected chi connectivity index (χ2v) is 8.70. The highest BCUT2D eigenvalue weighted by Gasteiger charge is 2.21. The van der Waals surface area contributed by atoms with E-state index in [1.807, 2.05) is 6.92 Å². The summed E-state index contributed by atoms with van der Waals surface area (Å²) in [5, 5.41) is 3.05. The minimum Gasteiger partial charge on any atom is -0.349 e. The smallest absolute Gasteiger partial charge is 0.251 e. The number of aryl methyl sites for hydroxylation is 1. The number of pyridine rings is 1. The van der Waals surface area contributed by atoms with Gasteiger partial charge in [0, 0.05) is 17.8 Å². The molecule has 0 radical (unpaired) electrons. The minimum atomic E-state index is -3.73. The summed E-state index contributed by atoms with van der Waals surface area (Å²) >= 11 is 0. The Morgan fingerprint density at radius 1 is 1.15 bits per heavy atom. The van der Waals surface area contributed by atoms with Gasteiger partial charge in [-0.15, -0.1) is 0 Å². The summed E-state index contributed by atoms with van der Waals surface area (Å²) in [5.41, 5.74) is 1.79. The van der Waals surface area contributed by atoms with Gasteiger partial charge in [0.2, 0.25) is 10.0 Å². The van der Waals surface area contributed by atoms with E-state index in [0.29, 0.717) is 11.3 Å². The first-order valence-electron chi connectivity index (χ1n) is 9.27. The largest absolute Gasteiger partial charge is 0.349 e. The van der Waals surface area contributed by atoms with Crippen LogP contribution in [-0.4, -0.2) is 25.4 Å². The Morgan fingerprint density at radius 3 is 2.63 bits per heavy atom. The van der Waals surface area contributed by atoms with Gasteiger partial charge in [0.1, 0.15) is 0 Å². The van der Waals surface area contributed by atoms with Gasteiger partial charge >= 0.3 is 0 Å². The Morgan fingerprint density at radius 2 is 1.93 bits per heavy atom. The Hall–Kier alpha value is -2.25. The van der Waals surface area contributed by atoms with Crippen molar-refractivity contribution in [2.24, 2.45) is 0 Å². The van der Waals surface area contributed by atoms with Gasteiger partial charge in [-0.1, -0.05) is 31.4 Å². The van der Waals surface area contributed by atoms with E-state index in [1.165, 1.54) is 18.6 Å². The topological polar surface area (TPSA) is 88.2 Å². The van der Waals surface area contributed by atoms with Crippen LogP contribution in [0.25, 0.3) is 0 Å². The van der Waals surface area contributed by atoms with Crippen molar-refractivity contribution in [1.82, 2.24) is 15.0 Å². The quantitative estimate of drug-likeness (QED) is 0.798. The maximum Gasteiger partial charge on any atom is 0.251 e. The van der Waals surface area contributed by atoms with Crippen LogP contribution in [0.3, 0.4) is 0 Å². The van der Waals surface area contributed by atoms with Gasteiger partial charge in [0.25, 0.3) is 5.91 Å². The van der Waals surface area contributed by atoms with Gasteiger partial charge in [-0.25, -0.2) is 13.1 Å². The third-order valence-corrected chi connectivity index (χ3v) is 6.27. The highest BCUT2D eigenvalue weighted by molar-refractivity contribution is 7.89. The molecule has 0 atom stereocenters. The van der Waals surface area contributed by atoms with Crippen LogP contribution in [0.2, 0.25) is 0 Å². The molecule has 1 aromatic carbocycles.